The van der Waals surface area contributed by atoms with E-state index >= 15 is 0 Å². The molecule has 26 heavy (non-hydrogen) atoms. The second-order valence-electron chi connectivity index (χ2n) is 6.07. The third-order valence-electron chi connectivity index (χ3n) is 4.55. The Morgan fingerprint density at radius 3 is 2.27 bits per heavy atom. The normalized spacial score (nSPS) is 18.2. The largest absolute Gasteiger partial charge is 0.368 e. The maximum atomic E-state index is 12.5. The molecule has 2 aliphatic heterocycles. The van der Waals surface area contributed by atoms with Crippen LogP contribution in [0.1, 0.15) is 6.92 Å². The molecule has 3 rings (SSSR count). The van der Waals surface area contributed by atoms with Crippen LogP contribution >= 0.6 is 11.6 Å². The van der Waals surface area contributed by atoms with Crippen LogP contribution < -0.4 is 4.90 Å². The van der Waals surface area contributed by atoms with Gasteiger partial charge in [-0.05, 0) is 25.1 Å². The topological polar surface area (TPSA) is 81.2 Å². The zero-order chi connectivity index (χ0) is 18.8. The minimum absolute atomic E-state index is 0.104. The van der Waals surface area contributed by atoms with Gasteiger partial charge in [0.15, 0.2) is 0 Å². The Labute approximate surface area is 155 Å². The van der Waals surface area contributed by atoms with Crippen molar-refractivity contribution in [1.29, 1.82) is 0 Å². The highest BCUT2D eigenvalue weighted by molar-refractivity contribution is 6.45. The average Bonchev–Trinajstić information content (AvgIpc) is 2.85. The molecule has 5 amide bonds. The van der Waals surface area contributed by atoms with Crippen molar-refractivity contribution in [2.75, 3.05) is 44.2 Å². The summed E-state index contributed by atoms with van der Waals surface area (Å²) in [5.41, 5.74) is 0.985. The molecule has 0 unspecified atom stereocenters. The first-order valence-corrected chi connectivity index (χ1v) is 8.75. The van der Waals surface area contributed by atoms with E-state index in [1.54, 1.807) is 17.9 Å². The highest BCUT2D eigenvalue weighted by Gasteiger charge is 2.44. The predicted molar refractivity (Wildman–Crippen MR) is 94.7 cm³/mol. The molecule has 9 heteroatoms. The van der Waals surface area contributed by atoms with E-state index in [2.05, 4.69) is 4.90 Å². The SMILES string of the molecule is CCN1C(=O)C(=O)N(CC(=O)N2CCN(c3cccc(Cl)c3)CC2)C1=O. The first-order valence-electron chi connectivity index (χ1n) is 8.38. The third-order valence-corrected chi connectivity index (χ3v) is 4.79. The van der Waals surface area contributed by atoms with Crippen LogP contribution in [-0.2, 0) is 14.4 Å². The molecular formula is C17H19ClN4O4. The van der Waals surface area contributed by atoms with E-state index in [1.807, 2.05) is 18.2 Å². The lowest BCUT2D eigenvalue weighted by atomic mass is 10.2. The molecule has 2 saturated heterocycles. The summed E-state index contributed by atoms with van der Waals surface area (Å²) in [5.74, 6) is -2.16. The fourth-order valence-corrected chi connectivity index (χ4v) is 3.28. The standard InChI is InChI=1S/C17H19ClN4O4/c1-2-21-15(24)16(25)22(17(21)26)11-14(23)20-8-6-19(7-9-20)13-5-3-4-12(18)10-13/h3-5,10H,2,6-9,11H2,1H3. The second-order valence-corrected chi connectivity index (χ2v) is 6.51. The van der Waals surface area contributed by atoms with Gasteiger partial charge in [-0.2, -0.15) is 0 Å². The summed E-state index contributed by atoms with van der Waals surface area (Å²) in [7, 11) is 0. The summed E-state index contributed by atoms with van der Waals surface area (Å²) in [4.78, 5) is 53.4. The number of hydrogen-bond donors (Lipinski definition) is 0. The molecule has 138 valence electrons. The van der Waals surface area contributed by atoms with Crippen LogP contribution in [0.25, 0.3) is 0 Å². The Morgan fingerprint density at radius 1 is 1.04 bits per heavy atom. The van der Waals surface area contributed by atoms with Crippen molar-refractivity contribution in [3.8, 4) is 0 Å². The highest BCUT2D eigenvalue weighted by Crippen LogP contribution is 2.21. The number of carbonyl (C=O) groups is 4. The number of likely N-dealkylation sites (N-methyl/N-ethyl adjacent to an activating group) is 1. The van der Waals surface area contributed by atoms with Crippen LogP contribution in [-0.4, -0.2) is 77.7 Å². The maximum absolute atomic E-state index is 12.5. The molecule has 0 N–H and O–H groups in total. The van der Waals surface area contributed by atoms with Crippen molar-refractivity contribution >= 4 is 41.0 Å². The molecule has 0 aromatic heterocycles. The van der Waals surface area contributed by atoms with Crippen molar-refractivity contribution in [1.82, 2.24) is 14.7 Å². The quantitative estimate of drug-likeness (QED) is 0.572. The summed E-state index contributed by atoms with van der Waals surface area (Å²) in [5, 5.41) is 0.650. The lowest BCUT2D eigenvalue weighted by Crippen LogP contribution is -2.52. The van der Waals surface area contributed by atoms with Crippen molar-refractivity contribution in [3.05, 3.63) is 29.3 Å². The summed E-state index contributed by atoms with van der Waals surface area (Å²) < 4.78 is 0. The van der Waals surface area contributed by atoms with Gasteiger partial charge in [-0.3, -0.25) is 19.3 Å². The maximum Gasteiger partial charge on any atom is 0.334 e. The van der Waals surface area contributed by atoms with Gasteiger partial charge in [0.25, 0.3) is 0 Å². The Balaban J connectivity index is 1.58. The zero-order valence-electron chi connectivity index (χ0n) is 14.4. The van der Waals surface area contributed by atoms with Crippen LogP contribution in [0, 0.1) is 0 Å². The van der Waals surface area contributed by atoms with Crippen LogP contribution in [0.5, 0.6) is 0 Å². The fraction of sp³-hybridized carbons (Fsp3) is 0.412. The fourth-order valence-electron chi connectivity index (χ4n) is 3.09. The van der Waals surface area contributed by atoms with E-state index in [-0.39, 0.29) is 12.5 Å². The van der Waals surface area contributed by atoms with Crippen molar-refractivity contribution in [2.45, 2.75) is 6.92 Å². The Bertz CT molecular complexity index is 761. The number of piperazine rings is 1. The van der Waals surface area contributed by atoms with Gasteiger partial charge in [0.1, 0.15) is 6.54 Å². The number of hydrogen-bond acceptors (Lipinski definition) is 5. The van der Waals surface area contributed by atoms with Gasteiger partial charge in [0.2, 0.25) is 5.91 Å². The van der Waals surface area contributed by atoms with E-state index in [0.29, 0.717) is 31.2 Å². The Kier molecular flexibility index (Phi) is 5.13. The number of carbonyl (C=O) groups excluding carboxylic acids is 4. The molecule has 0 radical (unpaired) electrons. The number of amides is 5. The Morgan fingerprint density at radius 2 is 1.69 bits per heavy atom. The number of urea groups is 1. The lowest BCUT2D eigenvalue weighted by molar-refractivity contribution is -0.144. The number of anilines is 1. The molecule has 1 aromatic rings. The van der Waals surface area contributed by atoms with Gasteiger partial charge in [-0.25, -0.2) is 9.69 Å². The number of halogens is 1. The predicted octanol–water partition coefficient (Wildman–Crippen LogP) is 0.799. The molecular weight excluding hydrogens is 360 g/mol. The van der Waals surface area contributed by atoms with Gasteiger partial charge in [0.05, 0.1) is 0 Å². The summed E-state index contributed by atoms with van der Waals surface area (Å²) >= 11 is 6.01. The van der Waals surface area contributed by atoms with Gasteiger partial charge in [-0.15, -0.1) is 0 Å². The van der Waals surface area contributed by atoms with Crippen LogP contribution in [0.2, 0.25) is 5.02 Å². The van der Waals surface area contributed by atoms with E-state index in [0.717, 1.165) is 15.5 Å². The first kappa shape index (κ1) is 18.2. The smallest absolute Gasteiger partial charge is 0.334 e. The molecule has 0 atom stereocenters. The number of rotatable bonds is 4. The molecule has 1 aromatic carbocycles. The van der Waals surface area contributed by atoms with E-state index < -0.39 is 24.4 Å². The summed E-state index contributed by atoms with van der Waals surface area (Å²) in [6, 6.07) is 6.77. The molecule has 2 aliphatic rings. The van der Waals surface area contributed by atoms with Crippen molar-refractivity contribution < 1.29 is 19.2 Å². The molecule has 0 spiro atoms. The monoisotopic (exact) mass is 378 g/mol. The molecule has 0 aliphatic carbocycles. The molecule has 0 saturated carbocycles. The van der Waals surface area contributed by atoms with Gasteiger partial charge in [-0.1, -0.05) is 17.7 Å². The van der Waals surface area contributed by atoms with Gasteiger partial charge < -0.3 is 9.80 Å². The zero-order valence-corrected chi connectivity index (χ0v) is 15.1. The molecule has 8 nitrogen and oxygen atoms in total. The van der Waals surface area contributed by atoms with Crippen LogP contribution in [0.4, 0.5) is 10.5 Å². The third kappa shape index (κ3) is 3.37. The van der Waals surface area contributed by atoms with Crippen LogP contribution in [0.15, 0.2) is 24.3 Å². The number of benzene rings is 1. The first-order chi connectivity index (χ1) is 12.4. The van der Waals surface area contributed by atoms with Gasteiger partial charge >= 0.3 is 17.8 Å². The number of nitrogens with zero attached hydrogens (tertiary/aromatic N) is 4. The highest BCUT2D eigenvalue weighted by atomic mass is 35.5. The minimum atomic E-state index is -0.942. The summed E-state index contributed by atoms with van der Waals surface area (Å²) in [6.07, 6.45) is 0. The van der Waals surface area contributed by atoms with E-state index in [4.69, 9.17) is 11.6 Å². The van der Waals surface area contributed by atoms with Crippen LogP contribution in [0.3, 0.4) is 0 Å². The average molecular weight is 379 g/mol. The van der Waals surface area contributed by atoms with E-state index in [9.17, 15) is 19.2 Å². The molecule has 2 heterocycles. The van der Waals surface area contributed by atoms with E-state index in [1.165, 1.54) is 0 Å². The second kappa shape index (κ2) is 7.33. The minimum Gasteiger partial charge on any atom is -0.368 e. The molecule has 0 bridgehead atoms. The summed E-state index contributed by atoms with van der Waals surface area (Å²) in [6.45, 7) is 3.47. The number of imide groups is 2. The molecule has 2 fully saturated rings. The Hall–Kier alpha value is -2.61. The van der Waals surface area contributed by atoms with Crippen molar-refractivity contribution in [3.63, 3.8) is 0 Å². The van der Waals surface area contributed by atoms with Gasteiger partial charge in [0, 0.05) is 43.4 Å². The van der Waals surface area contributed by atoms with Crippen molar-refractivity contribution in [2.24, 2.45) is 0 Å². The lowest BCUT2D eigenvalue weighted by Gasteiger charge is -2.36.